The minimum Gasteiger partial charge on any atom is -0.504 e. The van der Waals surface area contributed by atoms with Gasteiger partial charge in [0.1, 0.15) is 36.1 Å². The number of benzene rings is 2. The molecule has 38 heavy (non-hydrogen) atoms. The van der Waals surface area contributed by atoms with Gasteiger partial charge in [-0.3, -0.25) is 0 Å². The van der Waals surface area contributed by atoms with Crippen molar-refractivity contribution in [2.75, 3.05) is 34.0 Å². The molecule has 0 aromatic heterocycles. The summed E-state index contributed by atoms with van der Waals surface area (Å²) in [4.78, 5) is 0. The molecule has 12 heteroatoms. The third-order valence-corrected chi connectivity index (χ3v) is 7.59. The number of phenolic OH excluding ortho intramolecular Hbond substituents is 2. The van der Waals surface area contributed by atoms with Gasteiger partial charge >= 0.3 is 0 Å². The van der Waals surface area contributed by atoms with Crippen LogP contribution in [-0.4, -0.2) is 101 Å². The van der Waals surface area contributed by atoms with Gasteiger partial charge in [-0.15, -0.1) is 0 Å². The van der Waals surface area contributed by atoms with E-state index in [1.165, 1.54) is 26.4 Å². The van der Waals surface area contributed by atoms with Crippen LogP contribution in [-0.2, 0) is 18.9 Å². The summed E-state index contributed by atoms with van der Waals surface area (Å²) in [6, 6.07) is 9.57. The summed E-state index contributed by atoms with van der Waals surface area (Å²) in [5.41, 5.74) is 0.0153. The summed E-state index contributed by atoms with van der Waals surface area (Å²) >= 11 is 0. The van der Waals surface area contributed by atoms with E-state index in [0.717, 1.165) is 0 Å². The van der Waals surface area contributed by atoms with Gasteiger partial charge in [0.2, 0.25) is 0 Å². The summed E-state index contributed by atoms with van der Waals surface area (Å²) in [5.74, 6) is -0.0800. The van der Waals surface area contributed by atoms with Crippen LogP contribution in [0.3, 0.4) is 0 Å². The number of methoxy groups -OCH3 is 2. The highest BCUT2D eigenvalue weighted by Crippen LogP contribution is 2.57. The third kappa shape index (κ3) is 4.36. The third-order valence-electron chi connectivity index (χ3n) is 7.59. The summed E-state index contributed by atoms with van der Waals surface area (Å²) in [7, 11) is 2.86. The van der Waals surface area contributed by atoms with E-state index in [-0.39, 0.29) is 36.2 Å². The van der Waals surface area contributed by atoms with Gasteiger partial charge in [0, 0.05) is 5.92 Å². The molecule has 3 aliphatic heterocycles. The van der Waals surface area contributed by atoms with E-state index in [1.54, 1.807) is 24.3 Å². The second kappa shape index (κ2) is 10.5. The molecule has 3 heterocycles. The maximum absolute atomic E-state index is 10.7. The van der Waals surface area contributed by atoms with Crippen LogP contribution >= 0.6 is 0 Å². The van der Waals surface area contributed by atoms with E-state index in [1.807, 2.05) is 0 Å². The fourth-order valence-electron chi connectivity index (χ4n) is 5.54. The van der Waals surface area contributed by atoms with Crippen molar-refractivity contribution in [2.24, 2.45) is 5.92 Å². The summed E-state index contributed by atoms with van der Waals surface area (Å²) in [6.45, 7) is -0.462. The largest absolute Gasteiger partial charge is 0.504 e. The van der Waals surface area contributed by atoms with Crippen molar-refractivity contribution in [1.82, 2.24) is 0 Å². The Balaban J connectivity index is 1.54. The van der Waals surface area contributed by atoms with Crippen molar-refractivity contribution in [2.45, 2.75) is 48.5 Å². The second-order valence-corrected chi connectivity index (χ2v) is 9.68. The average Bonchev–Trinajstić information content (AvgIpc) is 3.46. The van der Waals surface area contributed by atoms with Crippen LogP contribution in [0, 0.1) is 5.92 Å². The van der Waals surface area contributed by atoms with Gasteiger partial charge in [0.15, 0.2) is 29.3 Å². The Morgan fingerprint density at radius 1 is 0.868 bits per heavy atom. The molecule has 3 fully saturated rings. The highest BCUT2D eigenvalue weighted by molar-refractivity contribution is 5.45. The van der Waals surface area contributed by atoms with Gasteiger partial charge in [-0.2, -0.15) is 0 Å². The number of aromatic hydroxyl groups is 2. The Hall–Kier alpha value is -2.68. The monoisotopic (exact) mass is 536 g/mol. The first kappa shape index (κ1) is 26.9. The Morgan fingerprint density at radius 3 is 2.13 bits per heavy atom. The molecule has 0 spiro atoms. The number of aliphatic hydroxyl groups is 4. The van der Waals surface area contributed by atoms with E-state index >= 15 is 0 Å². The Labute approximate surface area is 218 Å². The molecule has 5 rings (SSSR count). The molecule has 9 atom stereocenters. The molecular weight excluding hydrogens is 504 g/mol. The predicted octanol–water partition coefficient (Wildman–Crippen LogP) is 0.129. The zero-order chi connectivity index (χ0) is 27.2. The molecule has 0 bridgehead atoms. The zero-order valence-corrected chi connectivity index (χ0v) is 20.8. The maximum Gasteiger partial charge on any atom is 0.187 e. The number of fused-ring (bicyclic) bond motifs is 1. The maximum atomic E-state index is 10.7. The first-order valence-corrected chi connectivity index (χ1v) is 12.2. The van der Waals surface area contributed by atoms with Crippen LogP contribution in [0.1, 0.15) is 23.3 Å². The van der Waals surface area contributed by atoms with Gasteiger partial charge in [-0.1, -0.05) is 12.1 Å². The molecule has 3 aliphatic rings. The molecule has 0 saturated carbocycles. The van der Waals surface area contributed by atoms with E-state index in [0.29, 0.717) is 11.1 Å². The van der Waals surface area contributed by atoms with E-state index in [2.05, 4.69) is 0 Å². The summed E-state index contributed by atoms with van der Waals surface area (Å²) in [6.07, 6.45) is -8.76. The van der Waals surface area contributed by atoms with Crippen LogP contribution in [0.2, 0.25) is 0 Å². The quantitative estimate of drug-likeness (QED) is 0.282. The van der Waals surface area contributed by atoms with Gasteiger partial charge in [-0.25, -0.2) is 0 Å². The highest BCUT2D eigenvalue weighted by atomic mass is 16.7. The minimum atomic E-state index is -1.63. The van der Waals surface area contributed by atoms with E-state index in [4.69, 9.17) is 28.4 Å². The number of phenols is 2. The lowest BCUT2D eigenvalue weighted by Gasteiger charge is -2.44. The highest BCUT2D eigenvalue weighted by Gasteiger charge is 2.63. The molecule has 2 aromatic rings. The lowest BCUT2D eigenvalue weighted by molar-refractivity contribution is -0.333. The van der Waals surface area contributed by atoms with Gasteiger partial charge in [-0.05, 0) is 35.4 Å². The van der Waals surface area contributed by atoms with Crippen molar-refractivity contribution >= 4 is 0 Å². The van der Waals surface area contributed by atoms with Crippen molar-refractivity contribution in [3.63, 3.8) is 0 Å². The van der Waals surface area contributed by atoms with E-state index < -0.39 is 61.0 Å². The van der Waals surface area contributed by atoms with Crippen LogP contribution in [0.4, 0.5) is 0 Å². The molecular formula is C26H32O12. The Bertz CT molecular complexity index is 1140. The van der Waals surface area contributed by atoms with Crippen LogP contribution in [0.5, 0.6) is 23.0 Å². The predicted molar refractivity (Wildman–Crippen MR) is 128 cm³/mol. The van der Waals surface area contributed by atoms with Gasteiger partial charge in [0.05, 0.1) is 40.1 Å². The number of hydrogen-bond acceptors (Lipinski definition) is 12. The topological polar surface area (TPSA) is 177 Å². The fourth-order valence-corrected chi connectivity index (χ4v) is 5.54. The zero-order valence-electron chi connectivity index (χ0n) is 20.8. The van der Waals surface area contributed by atoms with Crippen molar-refractivity contribution in [3.05, 3.63) is 47.5 Å². The average molecular weight is 537 g/mol. The molecule has 6 N–H and O–H groups in total. The van der Waals surface area contributed by atoms with Crippen LogP contribution in [0.15, 0.2) is 36.4 Å². The molecule has 12 nitrogen and oxygen atoms in total. The lowest BCUT2D eigenvalue weighted by Crippen LogP contribution is -2.61. The Morgan fingerprint density at radius 2 is 1.50 bits per heavy atom. The summed E-state index contributed by atoms with van der Waals surface area (Å²) < 4.78 is 35.1. The minimum absolute atomic E-state index is 0.0194. The molecule has 1 unspecified atom stereocenters. The molecule has 0 amide bonds. The lowest BCUT2D eigenvalue weighted by atomic mass is 9.80. The molecule has 208 valence electrons. The molecule has 0 aliphatic carbocycles. The first-order valence-electron chi connectivity index (χ1n) is 12.2. The van der Waals surface area contributed by atoms with Crippen molar-refractivity contribution in [3.8, 4) is 23.0 Å². The fraction of sp³-hybridized carbons (Fsp3) is 0.538. The molecule has 2 aromatic carbocycles. The SMILES string of the molecule is COc1cc([C@H]2OC[C@]3(OC4O[C@H](CO)[C@@H](O)[C@H](O)[C@H]4O)[C@@H](c4ccc(O)c(OC)c4)OC[C@H]23)ccc1O. The molecule has 3 saturated heterocycles. The normalized spacial score (nSPS) is 36.7. The van der Waals surface area contributed by atoms with Crippen molar-refractivity contribution in [1.29, 1.82) is 0 Å². The second-order valence-electron chi connectivity index (χ2n) is 9.68. The first-order chi connectivity index (χ1) is 18.2. The van der Waals surface area contributed by atoms with Gasteiger partial charge < -0.3 is 59.1 Å². The van der Waals surface area contributed by atoms with E-state index in [9.17, 15) is 30.6 Å². The van der Waals surface area contributed by atoms with Crippen LogP contribution in [0.25, 0.3) is 0 Å². The number of hydrogen-bond donors (Lipinski definition) is 6. The van der Waals surface area contributed by atoms with Crippen LogP contribution < -0.4 is 9.47 Å². The smallest absolute Gasteiger partial charge is 0.187 e. The van der Waals surface area contributed by atoms with Crippen molar-refractivity contribution < 1.29 is 59.1 Å². The number of rotatable bonds is 7. The molecule has 0 radical (unpaired) electrons. The standard InChI is InChI=1S/C26H32O12/c1-33-17-7-12(3-5-15(17)28)23-14-10-35-24(13-4-6-16(29)18(8-13)34-2)26(14,11-36-23)38-25-22(32)21(31)20(30)19(9-27)37-25/h3-8,14,19-25,27-32H,9-11H2,1-2H3/t14-,19-,20-,21+,22-,23-,24-,25?,26-/m1/s1. The summed E-state index contributed by atoms with van der Waals surface area (Å²) in [5, 5.41) is 61.2. The van der Waals surface area contributed by atoms with Gasteiger partial charge in [0.25, 0.3) is 0 Å². The Kier molecular flexibility index (Phi) is 7.42. The number of ether oxygens (including phenoxy) is 6. The number of aliphatic hydroxyl groups excluding tert-OH is 4.